The molecule has 0 radical (unpaired) electrons. The molecule has 3 heterocycles. The summed E-state index contributed by atoms with van der Waals surface area (Å²) >= 11 is 2.47. The first kappa shape index (κ1) is 36.2. The van der Waals surface area contributed by atoms with Gasteiger partial charge in [0, 0.05) is 63.8 Å². The van der Waals surface area contributed by atoms with Crippen molar-refractivity contribution in [1.82, 2.24) is 9.80 Å². The molecule has 0 aromatic heterocycles. The van der Waals surface area contributed by atoms with Gasteiger partial charge in [0.2, 0.25) is 0 Å². The molecule has 0 spiro atoms. The lowest BCUT2D eigenvalue weighted by Crippen LogP contribution is -2.52. The quantitative estimate of drug-likeness (QED) is 0.257. The van der Waals surface area contributed by atoms with Crippen molar-refractivity contribution in [2.75, 3.05) is 0 Å². The van der Waals surface area contributed by atoms with Crippen LogP contribution in [-0.2, 0) is 0 Å². The van der Waals surface area contributed by atoms with E-state index in [0.29, 0.717) is 47.8 Å². The van der Waals surface area contributed by atoms with E-state index in [4.69, 9.17) is 0 Å². The van der Waals surface area contributed by atoms with E-state index in [9.17, 15) is 0 Å². The van der Waals surface area contributed by atoms with E-state index >= 15 is 0 Å². The van der Waals surface area contributed by atoms with Crippen LogP contribution >= 0.6 is 11.8 Å². The number of nitrogens with zero attached hydrogens (tertiary/aromatic N) is 2. The first-order valence-electron chi connectivity index (χ1n) is 24.4. The Balaban J connectivity index is 0.870. The van der Waals surface area contributed by atoms with Crippen LogP contribution in [0.15, 0.2) is 119 Å². The molecule has 12 aliphatic rings. The minimum atomic E-state index is 0.554. The maximum atomic E-state index is 3.20. The number of thioether (sulfide) groups is 1. The fourth-order valence-electron chi connectivity index (χ4n) is 15.4. The monoisotopic (exact) mass is 777 g/mol. The van der Waals surface area contributed by atoms with Crippen LogP contribution in [0.2, 0.25) is 0 Å². The van der Waals surface area contributed by atoms with Gasteiger partial charge in [-0.25, -0.2) is 0 Å². The lowest BCUT2D eigenvalue weighted by atomic mass is 9.64. The van der Waals surface area contributed by atoms with Crippen molar-refractivity contribution >= 4 is 11.8 Å². The first-order valence-corrected chi connectivity index (χ1v) is 25.3. The van der Waals surface area contributed by atoms with Gasteiger partial charge in [0.25, 0.3) is 0 Å². The van der Waals surface area contributed by atoms with Crippen molar-refractivity contribution in [3.63, 3.8) is 0 Å². The minimum Gasteiger partial charge on any atom is -0.367 e. The van der Waals surface area contributed by atoms with Gasteiger partial charge in [-0.15, -0.1) is 0 Å². The minimum absolute atomic E-state index is 0.554. The van der Waals surface area contributed by atoms with Crippen LogP contribution in [0.4, 0.5) is 0 Å². The highest BCUT2D eigenvalue weighted by molar-refractivity contribution is 8.00. The second-order valence-electron chi connectivity index (χ2n) is 20.4. The Morgan fingerprint density at radius 2 is 1.47 bits per heavy atom. The van der Waals surface area contributed by atoms with Gasteiger partial charge in [0.1, 0.15) is 0 Å². The van der Waals surface area contributed by atoms with E-state index in [1.165, 1.54) is 128 Å². The summed E-state index contributed by atoms with van der Waals surface area (Å²) in [5.41, 5.74) is 10.7. The largest absolute Gasteiger partial charge is 0.367 e. The molecule has 12 rings (SSSR count). The van der Waals surface area contributed by atoms with E-state index in [-0.39, 0.29) is 0 Å². The standard InChI is InChI=1S/C54H68N2S/c1-3-15-35(16-4-1)36-17-13-18-37(33-36)41-31-32-49(54-53(41)45-23-9-12-28-51(45)57-54)56-47-26-11-8-22-44(47)52-40(24-14-27-48(52)56)38-29-30-43-42-21-7-10-25-46(42)55(50(43)34-38)39-19-5-2-6-20-39/h3,5,8-9,13,15,18-19,22-24,29-30,33,35-36,38-39,41,43-45,47,49-51,53-54H,1-2,4,6-7,10-12,14,16-17,20-21,25-28,31-32,34H2. The average Bonchev–Trinajstić information content (AvgIpc) is 3.95. The molecule has 0 N–H and O–H groups in total. The summed E-state index contributed by atoms with van der Waals surface area (Å²) in [6.07, 6.45) is 63.5. The maximum absolute atomic E-state index is 3.20. The molecule has 0 aromatic carbocycles. The molecule has 0 aromatic rings. The molecule has 2 fully saturated rings. The fourth-order valence-corrected chi connectivity index (χ4v) is 17.5. The van der Waals surface area contributed by atoms with Crippen LogP contribution in [0, 0.1) is 47.3 Å². The summed E-state index contributed by atoms with van der Waals surface area (Å²) in [5.74, 6) is 5.48. The number of hydrogen-bond donors (Lipinski definition) is 0. The van der Waals surface area contributed by atoms with Crippen molar-refractivity contribution < 1.29 is 0 Å². The summed E-state index contributed by atoms with van der Waals surface area (Å²) in [6, 6.07) is 2.60. The molecule has 2 nitrogen and oxygen atoms in total. The van der Waals surface area contributed by atoms with Gasteiger partial charge in [-0.1, -0.05) is 85.1 Å². The molecule has 57 heavy (non-hydrogen) atoms. The van der Waals surface area contributed by atoms with Crippen molar-refractivity contribution in [2.24, 2.45) is 47.3 Å². The van der Waals surface area contributed by atoms with Crippen LogP contribution in [0.5, 0.6) is 0 Å². The Morgan fingerprint density at radius 1 is 0.596 bits per heavy atom. The predicted molar refractivity (Wildman–Crippen MR) is 239 cm³/mol. The average molecular weight is 777 g/mol. The third-order valence-electron chi connectivity index (χ3n) is 17.7. The molecule has 1 saturated heterocycles. The molecular weight excluding hydrogens is 709 g/mol. The van der Waals surface area contributed by atoms with Gasteiger partial charge >= 0.3 is 0 Å². The Labute approximate surface area is 349 Å². The fraction of sp³-hybridized carbons (Fsp3) is 0.630. The Morgan fingerprint density at radius 3 is 2.39 bits per heavy atom. The maximum Gasteiger partial charge on any atom is 0.0473 e. The van der Waals surface area contributed by atoms with Gasteiger partial charge < -0.3 is 9.80 Å². The van der Waals surface area contributed by atoms with Gasteiger partial charge in [0.05, 0.1) is 0 Å². The molecule has 14 unspecified atom stereocenters. The van der Waals surface area contributed by atoms with Crippen molar-refractivity contribution in [3.05, 3.63) is 119 Å². The zero-order valence-corrected chi connectivity index (χ0v) is 35.4. The van der Waals surface area contributed by atoms with Gasteiger partial charge in [-0.3, -0.25) is 0 Å². The van der Waals surface area contributed by atoms with Gasteiger partial charge in [0.15, 0.2) is 0 Å². The Bertz CT molecular complexity index is 1910. The number of fused-ring (bicyclic) bond motifs is 7. The molecule has 1 saturated carbocycles. The zero-order chi connectivity index (χ0) is 37.5. The topological polar surface area (TPSA) is 6.48 Å². The highest BCUT2D eigenvalue weighted by atomic mass is 32.2. The normalized spacial score (nSPS) is 44.4. The van der Waals surface area contributed by atoms with Crippen molar-refractivity contribution in [1.29, 1.82) is 0 Å². The van der Waals surface area contributed by atoms with Crippen LogP contribution in [-0.4, -0.2) is 44.5 Å². The molecule has 14 atom stereocenters. The second kappa shape index (κ2) is 15.1. The third kappa shape index (κ3) is 6.06. The molecule has 3 aliphatic heterocycles. The Kier molecular flexibility index (Phi) is 9.61. The lowest BCUT2D eigenvalue weighted by molar-refractivity contribution is 0.0946. The third-order valence-corrected chi connectivity index (χ3v) is 19.5. The van der Waals surface area contributed by atoms with Crippen LogP contribution in [0.1, 0.15) is 128 Å². The van der Waals surface area contributed by atoms with E-state index in [0.717, 1.165) is 34.2 Å². The summed E-state index contributed by atoms with van der Waals surface area (Å²) in [6.45, 7) is 0. The van der Waals surface area contributed by atoms with Crippen molar-refractivity contribution in [2.45, 2.75) is 163 Å². The van der Waals surface area contributed by atoms with Gasteiger partial charge in [-0.05, 0) is 180 Å². The summed E-state index contributed by atoms with van der Waals surface area (Å²) in [5, 5.41) is 1.55. The van der Waals surface area contributed by atoms with E-state index in [1.54, 1.807) is 28.1 Å². The first-order chi connectivity index (χ1) is 28.3. The highest BCUT2D eigenvalue weighted by Gasteiger charge is 2.57. The second-order valence-corrected chi connectivity index (χ2v) is 21.9. The summed E-state index contributed by atoms with van der Waals surface area (Å²) < 4.78 is 0. The number of hydrogen-bond acceptors (Lipinski definition) is 3. The molecule has 0 bridgehead atoms. The van der Waals surface area contributed by atoms with Gasteiger partial charge in [-0.2, -0.15) is 11.8 Å². The SMILES string of the molecule is C1=CC(C2C=C(C3CCC(N4C5=C(C(C6C=CC7C8=C(CCCC8)N(C8C=CCCC8)C7C6)=CCC5)C5C=CCCC54)C4SC5CCC=CC5C34)C=CC2)CCC1. The molecule has 0 amide bonds. The highest BCUT2D eigenvalue weighted by Crippen LogP contribution is 2.61. The van der Waals surface area contributed by atoms with Crippen LogP contribution in [0.25, 0.3) is 0 Å². The van der Waals surface area contributed by atoms with Crippen LogP contribution in [0.3, 0.4) is 0 Å². The number of allylic oxidation sites excluding steroid dienone is 15. The predicted octanol–water partition coefficient (Wildman–Crippen LogP) is 13.1. The van der Waals surface area contributed by atoms with Crippen molar-refractivity contribution in [3.8, 4) is 0 Å². The Hall–Kier alpha value is -2.65. The molecular formula is C54H68N2S. The molecule has 3 heteroatoms. The summed E-state index contributed by atoms with van der Waals surface area (Å²) in [7, 11) is 0. The lowest BCUT2D eigenvalue weighted by Gasteiger charge is -2.49. The smallest absolute Gasteiger partial charge is 0.0473 e. The van der Waals surface area contributed by atoms with E-state index < -0.39 is 0 Å². The van der Waals surface area contributed by atoms with E-state index in [2.05, 4.69) is 107 Å². The van der Waals surface area contributed by atoms with E-state index in [1.807, 2.05) is 5.57 Å². The van der Waals surface area contributed by atoms with Crippen LogP contribution < -0.4 is 0 Å². The number of rotatable bonds is 5. The molecule has 300 valence electrons. The zero-order valence-electron chi connectivity index (χ0n) is 34.6. The molecule has 9 aliphatic carbocycles. The summed E-state index contributed by atoms with van der Waals surface area (Å²) in [4.78, 5) is 6.21.